The topological polar surface area (TPSA) is 66.0 Å². The van der Waals surface area contributed by atoms with Crippen LogP contribution in [-0.2, 0) is 9.53 Å². The smallest absolute Gasteiger partial charge is 0.220 e. The van der Waals surface area contributed by atoms with E-state index in [9.17, 15) is 4.79 Å². The number of hydrogen-bond acceptors (Lipinski definition) is 3. The number of carbonyl (C=O) groups excluding carboxylic acids is 1. The number of nitrogens with zero attached hydrogens (tertiary/aromatic N) is 2. The molecule has 3 fully saturated rings. The lowest BCUT2D eigenvalue weighted by molar-refractivity contribution is -0.119. The number of nitrogens with one attached hydrogen (secondary N) is 2. The Bertz CT molecular complexity index is 448. The van der Waals surface area contributed by atoms with E-state index in [1.807, 2.05) is 0 Å². The third-order valence-corrected chi connectivity index (χ3v) is 5.21. The van der Waals surface area contributed by atoms with Crippen LogP contribution in [0.1, 0.15) is 45.4 Å². The Hall–Kier alpha value is -1.30. The molecule has 0 radical (unpaired) electrons. The molecule has 3 rings (SSSR count). The van der Waals surface area contributed by atoms with E-state index in [1.165, 1.54) is 12.8 Å². The van der Waals surface area contributed by atoms with Crippen LogP contribution < -0.4 is 10.6 Å². The van der Waals surface area contributed by atoms with Crippen LogP contribution in [0.15, 0.2) is 4.99 Å². The minimum absolute atomic E-state index is 0.104. The lowest BCUT2D eigenvalue weighted by Gasteiger charge is -2.41. The van der Waals surface area contributed by atoms with Gasteiger partial charge in [0, 0.05) is 44.6 Å². The van der Waals surface area contributed by atoms with Crippen molar-refractivity contribution in [3.8, 4) is 0 Å². The minimum Gasteiger partial charge on any atom is -0.376 e. The Morgan fingerprint density at radius 3 is 3.09 bits per heavy atom. The summed E-state index contributed by atoms with van der Waals surface area (Å²) in [5, 5.41) is 6.43. The molecule has 3 aliphatic heterocycles. The van der Waals surface area contributed by atoms with E-state index in [0.717, 1.165) is 64.6 Å². The highest BCUT2D eigenvalue weighted by Crippen LogP contribution is 2.36. The summed E-state index contributed by atoms with van der Waals surface area (Å²) in [6.45, 7) is 7.34. The first kappa shape index (κ1) is 16.6. The average molecular weight is 322 g/mol. The fourth-order valence-corrected chi connectivity index (χ4v) is 3.99. The number of rotatable bonds is 3. The van der Waals surface area contributed by atoms with Gasteiger partial charge in [-0.2, -0.15) is 0 Å². The second kappa shape index (κ2) is 7.51. The van der Waals surface area contributed by atoms with E-state index in [4.69, 9.17) is 9.73 Å². The van der Waals surface area contributed by atoms with Crippen LogP contribution in [0.3, 0.4) is 0 Å². The van der Waals surface area contributed by atoms with Crippen LogP contribution in [-0.4, -0.2) is 62.2 Å². The molecule has 2 atom stereocenters. The van der Waals surface area contributed by atoms with Gasteiger partial charge in [-0.05, 0) is 39.0 Å². The van der Waals surface area contributed by atoms with E-state index in [2.05, 4.69) is 22.5 Å². The van der Waals surface area contributed by atoms with Gasteiger partial charge in [-0.15, -0.1) is 0 Å². The zero-order valence-corrected chi connectivity index (χ0v) is 14.3. The van der Waals surface area contributed by atoms with Crippen molar-refractivity contribution in [3.05, 3.63) is 0 Å². The number of piperidine rings is 1. The van der Waals surface area contributed by atoms with Gasteiger partial charge in [0.15, 0.2) is 5.96 Å². The quantitative estimate of drug-likeness (QED) is 0.604. The molecule has 0 aromatic rings. The monoisotopic (exact) mass is 322 g/mol. The highest BCUT2D eigenvalue weighted by molar-refractivity contribution is 5.81. The Kier molecular flexibility index (Phi) is 5.41. The zero-order chi connectivity index (χ0) is 16.1. The fourth-order valence-electron chi connectivity index (χ4n) is 3.99. The van der Waals surface area contributed by atoms with Gasteiger partial charge in [0.25, 0.3) is 0 Å². The molecule has 2 N–H and O–H groups in total. The fraction of sp³-hybridized carbons (Fsp3) is 0.882. The van der Waals surface area contributed by atoms with Crippen molar-refractivity contribution in [3.63, 3.8) is 0 Å². The van der Waals surface area contributed by atoms with Crippen LogP contribution in [0, 0.1) is 5.41 Å². The summed E-state index contributed by atoms with van der Waals surface area (Å²) < 4.78 is 5.79. The summed E-state index contributed by atoms with van der Waals surface area (Å²) in [4.78, 5) is 18.8. The largest absolute Gasteiger partial charge is 0.376 e. The molecule has 2 unspecified atom stereocenters. The van der Waals surface area contributed by atoms with Crippen LogP contribution in [0.5, 0.6) is 0 Å². The van der Waals surface area contributed by atoms with Crippen molar-refractivity contribution in [2.45, 2.75) is 51.6 Å². The van der Waals surface area contributed by atoms with Gasteiger partial charge in [0.2, 0.25) is 5.91 Å². The first-order chi connectivity index (χ1) is 11.2. The van der Waals surface area contributed by atoms with Crippen LogP contribution >= 0.6 is 0 Å². The molecule has 0 aromatic carbocycles. The molecule has 0 aromatic heterocycles. The second-order valence-corrected chi connectivity index (χ2v) is 7.16. The van der Waals surface area contributed by atoms with Gasteiger partial charge in [-0.3, -0.25) is 9.79 Å². The van der Waals surface area contributed by atoms with Gasteiger partial charge >= 0.3 is 0 Å². The molecule has 6 nitrogen and oxygen atoms in total. The molecule has 1 amide bonds. The standard InChI is InChI=1S/C17H30N4O2/c1-2-18-16(19-11-14-6-3-4-9-23-14)21-8-5-7-17(13-21)10-15(22)20-12-17/h14H,2-13H2,1H3,(H,18,19)(H,20,22). The second-order valence-electron chi connectivity index (χ2n) is 7.16. The van der Waals surface area contributed by atoms with E-state index in [1.54, 1.807) is 0 Å². The third-order valence-electron chi connectivity index (χ3n) is 5.21. The summed E-state index contributed by atoms with van der Waals surface area (Å²) in [7, 11) is 0. The molecule has 1 spiro atoms. The molecule has 0 saturated carbocycles. The molecule has 0 aliphatic carbocycles. The van der Waals surface area contributed by atoms with Crippen LogP contribution in [0.2, 0.25) is 0 Å². The number of amides is 1. The van der Waals surface area contributed by atoms with Crippen molar-refractivity contribution in [2.24, 2.45) is 10.4 Å². The average Bonchev–Trinajstić information content (AvgIpc) is 2.92. The molecule has 6 heteroatoms. The van der Waals surface area contributed by atoms with Crippen molar-refractivity contribution < 1.29 is 9.53 Å². The lowest BCUT2D eigenvalue weighted by Crippen LogP contribution is -2.51. The normalized spacial score (nSPS) is 32.2. The molecule has 3 saturated heterocycles. The predicted octanol–water partition coefficient (Wildman–Crippen LogP) is 1.12. The number of guanidine groups is 1. The Morgan fingerprint density at radius 1 is 1.48 bits per heavy atom. The predicted molar refractivity (Wildman–Crippen MR) is 90.4 cm³/mol. The number of ether oxygens (including phenoxy) is 1. The van der Waals surface area contributed by atoms with Gasteiger partial charge < -0.3 is 20.3 Å². The van der Waals surface area contributed by atoms with E-state index in [0.29, 0.717) is 6.42 Å². The van der Waals surface area contributed by atoms with E-state index >= 15 is 0 Å². The third kappa shape index (κ3) is 4.16. The molecule has 0 bridgehead atoms. The highest BCUT2D eigenvalue weighted by Gasteiger charge is 2.42. The summed E-state index contributed by atoms with van der Waals surface area (Å²) in [6.07, 6.45) is 6.73. The van der Waals surface area contributed by atoms with Gasteiger partial charge in [-0.25, -0.2) is 0 Å². The highest BCUT2D eigenvalue weighted by atomic mass is 16.5. The molecule has 130 valence electrons. The van der Waals surface area contributed by atoms with Crippen molar-refractivity contribution in [2.75, 3.05) is 39.3 Å². The summed E-state index contributed by atoms with van der Waals surface area (Å²) >= 11 is 0. The minimum atomic E-state index is 0.104. The van der Waals surface area contributed by atoms with Gasteiger partial charge in [-0.1, -0.05) is 0 Å². The summed E-state index contributed by atoms with van der Waals surface area (Å²) in [5.74, 6) is 1.18. The SMILES string of the molecule is CCNC(=NCC1CCCCO1)N1CCCC2(CNC(=O)C2)C1. The summed E-state index contributed by atoms with van der Waals surface area (Å²) in [5.41, 5.74) is 0.104. The van der Waals surface area contributed by atoms with Crippen molar-refractivity contribution >= 4 is 11.9 Å². The first-order valence-electron chi connectivity index (χ1n) is 9.12. The lowest BCUT2D eigenvalue weighted by atomic mass is 9.79. The molecule has 3 aliphatic rings. The van der Waals surface area contributed by atoms with Crippen LogP contribution in [0.25, 0.3) is 0 Å². The molecule has 23 heavy (non-hydrogen) atoms. The Balaban J connectivity index is 1.63. The maximum absolute atomic E-state index is 11.7. The maximum Gasteiger partial charge on any atom is 0.220 e. The Labute approximate surface area is 139 Å². The van der Waals surface area contributed by atoms with Crippen molar-refractivity contribution in [1.29, 1.82) is 0 Å². The zero-order valence-electron chi connectivity index (χ0n) is 14.3. The summed E-state index contributed by atoms with van der Waals surface area (Å²) in [6, 6.07) is 0. The molecular weight excluding hydrogens is 292 g/mol. The van der Waals surface area contributed by atoms with Gasteiger partial charge in [0.1, 0.15) is 0 Å². The first-order valence-corrected chi connectivity index (χ1v) is 9.12. The maximum atomic E-state index is 11.7. The van der Waals surface area contributed by atoms with E-state index in [-0.39, 0.29) is 17.4 Å². The molecule has 3 heterocycles. The number of likely N-dealkylation sites (tertiary alicyclic amines) is 1. The number of carbonyl (C=O) groups is 1. The molecular formula is C17H30N4O2. The number of aliphatic imine (C=N–C) groups is 1. The van der Waals surface area contributed by atoms with Crippen molar-refractivity contribution in [1.82, 2.24) is 15.5 Å². The van der Waals surface area contributed by atoms with Gasteiger partial charge in [0.05, 0.1) is 12.6 Å². The number of hydrogen-bond donors (Lipinski definition) is 2. The Morgan fingerprint density at radius 2 is 2.39 bits per heavy atom. The van der Waals surface area contributed by atoms with E-state index < -0.39 is 0 Å². The van der Waals surface area contributed by atoms with Crippen LogP contribution in [0.4, 0.5) is 0 Å².